The van der Waals surface area contributed by atoms with Crippen LogP contribution >= 0.6 is 0 Å². The molecular weight excluding hydrogens is 244 g/mol. The van der Waals surface area contributed by atoms with Gasteiger partial charge in [0.1, 0.15) is 6.29 Å². The molecular formula is C10H18N2O6. The van der Waals surface area contributed by atoms with Crippen molar-refractivity contribution in [3.63, 3.8) is 0 Å². The predicted molar refractivity (Wildman–Crippen MR) is 60.5 cm³/mol. The largest absolute Gasteiger partial charge is 0.479 e. The van der Waals surface area contributed by atoms with Gasteiger partial charge in [-0.3, -0.25) is 4.79 Å². The van der Waals surface area contributed by atoms with Crippen LogP contribution in [0.25, 0.3) is 0 Å². The van der Waals surface area contributed by atoms with Crippen molar-refractivity contribution in [3.8, 4) is 0 Å². The SMILES string of the molecule is CC(CNC(=O)CC(N)C=O)C(O)C(O)C(=O)O. The van der Waals surface area contributed by atoms with Crippen LogP contribution in [-0.4, -0.2) is 58.3 Å². The molecule has 0 aromatic rings. The summed E-state index contributed by atoms with van der Waals surface area (Å²) in [4.78, 5) is 31.9. The van der Waals surface area contributed by atoms with Gasteiger partial charge >= 0.3 is 5.97 Å². The first-order valence-corrected chi connectivity index (χ1v) is 5.36. The number of rotatable bonds is 8. The topological polar surface area (TPSA) is 150 Å². The van der Waals surface area contributed by atoms with Crippen molar-refractivity contribution in [1.82, 2.24) is 5.32 Å². The van der Waals surface area contributed by atoms with E-state index in [9.17, 15) is 19.5 Å². The van der Waals surface area contributed by atoms with Gasteiger partial charge in [0, 0.05) is 18.9 Å². The van der Waals surface area contributed by atoms with Gasteiger partial charge in [0.05, 0.1) is 12.1 Å². The molecule has 0 aliphatic rings. The maximum absolute atomic E-state index is 11.2. The lowest BCUT2D eigenvalue weighted by Gasteiger charge is -2.21. The molecule has 18 heavy (non-hydrogen) atoms. The van der Waals surface area contributed by atoms with Gasteiger partial charge < -0.3 is 31.2 Å². The van der Waals surface area contributed by atoms with Gasteiger partial charge in [-0.25, -0.2) is 4.79 Å². The first kappa shape index (κ1) is 16.5. The van der Waals surface area contributed by atoms with E-state index >= 15 is 0 Å². The van der Waals surface area contributed by atoms with Gasteiger partial charge in [-0.15, -0.1) is 0 Å². The highest BCUT2D eigenvalue weighted by atomic mass is 16.4. The second kappa shape index (κ2) is 7.75. The molecule has 104 valence electrons. The summed E-state index contributed by atoms with van der Waals surface area (Å²) in [6.45, 7) is 1.44. The number of aliphatic carboxylic acids is 1. The predicted octanol–water partition coefficient (Wildman–Crippen LogP) is -2.54. The summed E-state index contributed by atoms with van der Waals surface area (Å²) >= 11 is 0. The summed E-state index contributed by atoms with van der Waals surface area (Å²) in [5.41, 5.74) is 5.23. The third kappa shape index (κ3) is 5.71. The molecule has 0 heterocycles. The smallest absolute Gasteiger partial charge is 0.335 e. The number of aliphatic hydroxyl groups excluding tert-OH is 2. The van der Waals surface area contributed by atoms with Crippen LogP contribution in [0.5, 0.6) is 0 Å². The van der Waals surface area contributed by atoms with E-state index < -0.39 is 36.0 Å². The van der Waals surface area contributed by atoms with E-state index in [1.54, 1.807) is 0 Å². The van der Waals surface area contributed by atoms with Crippen molar-refractivity contribution in [1.29, 1.82) is 0 Å². The van der Waals surface area contributed by atoms with Crippen molar-refractivity contribution in [2.45, 2.75) is 31.6 Å². The lowest BCUT2D eigenvalue weighted by atomic mass is 9.99. The zero-order valence-corrected chi connectivity index (χ0v) is 9.94. The Hall–Kier alpha value is -1.51. The summed E-state index contributed by atoms with van der Waals surface area (Å²) in [5, 5.41) is 29.4. The average molecular weight is 262 g/mol. The molecule has 0 aliphatic carbocycles. The molecule has 0 spiro atoms. The highest BCUT2D eigenvalue weighted by Gasteiger charge is 2.28. The molecule has 0 saturated heterocycles. The second-order valence-electron chi connectivity index (χ2n) is 4.06. The molecule has 4 unspecified atom stereocenters. The van der Waals surface area contributed by atoms with Gasteiger partial charge in [-0.1, -0.05) is 6.92 Å². The van der Waals surface area contributed by atoms with Gasteiger partial charge in [0.25, 0.3) is 0 Å². The number of hydrogen-bond donors (Lipinski definition) is 5. The molecule has 8 heteroatoms. The van der Waals surface area contributed by atoms with Crippen molar-refractivity contribution < 1.29 is 29.7 Å². The van der Waals surface area contributed by atoms with E-state index in [1.807, 2.05) is 0 Å². The summed E-state index contributed by atoms with van der Waals surface area (Å²) in [6.07, 6.45) is -3.16. The third-order valence-corrected chi connectivity index (χ3v) is 2.38. The van der Waals surface area contributed by atoms with Crippen LogP contribution in [0.15, 0.2) is 0 Å². The van der Waals surface area contributed by atoms with Gasteiger partial charge in [0.2, 0.25) is 5.91 Å². The molecule has 6 N–H and O–H groups in total. The molecule has 0 bridgehead atoms. The quantitative estimate of drug-likeness (QED) is 0.302. The zero-order valence-electron chi connectivity index (χ0n) is 9.94. The molecule has 8 nitrogen and oxygen atoms in total. The van der Waals surface area contributed by atoms with E-state index in [4.69, 9.17) is 15.9 Å². The number of carboxylic acids is 1. The maximum atomic E-state index is 11.2. The molecule has 0 fully saturated rings. The van der Waals surface area contributed by atoms with Crippen LogP contribution in [0, 0.1) is 5.92 Å². The summed E-state index contributed by atoms with van der Waals surface area (Å²) in [7, 11) is 0. The van der Waals surface area contributed by atoms with E-state index in [2.05, 4.69) is 5.32 Å². The Kier molecular flexibility index (Phi) is 7.10. The maximum Gasteiger partial charge on any atom is 0.335 e. The van der Waals surface area contributed by atoms with Crippen LogP contribution < -0.4 is 11.1 Å². The zero-order chi connectivity index (χ0) is 14.3. The number of carboxylic acid groups (broad SMARTS) is 1. The van der Waals surface area contributed by atoms with Gasteiger partial charge in [0.15, 0.2) is 6.10 Å². The fourth-order valence-electron chi connectivity index (χ4n) is 1.19. The monoisotopic (exact) mass is 262 g/mol. The van der Waals surface area contributed by atoms with Crippen LogP contribution in [-0.2, 0) is 14.4 Å². The fraction of sp³-hybridized carbons (Fsp3) is 0.700. The Labute approximate surface area is 104 Å². The number of nitrogens with two attached hydrogens (primary N) is 1. The number of aliphatic hydroxyl groups is 2. The van der Waals surface area contributed by atoms with Crippen LogP contribution in [0.1, 0.15) is 13.3 Å². The molecule has 4 atom stereocenters. The average Bonchev–Trinajstić information content (AvgIpc) is 2.33. The van der Waals surface area contributed by atoms with Crippen LogP contribution in [0.2, 0.25) is 0 Å². The van der Waals surface area contributed by atoms with E-state index in [0.717, 1.165) is 0 Å². The van der Waals surface area contributed by atoms with Gasteiger partial charge in [-0.2, -0.15) is 0 Å². The Morgan fingerprint density at radius 3 is 2.39 bits per heavy atom. The normalized spacial score (nSPS) is 17.3. The minimum atomic E-state index is -1.91. The van der Waals surface area contributed by atoms with Crippen molar-refractivity contribution >= 4 is 18.2 Å². The molecule has 0 rings (SSSR count). The summed E-state index contributed by atoms with van der Waals surface area (Å²) < 4.78 is 0. The molecule has 0 aromatic heterocycles. The van der Waals surface area contributed by atoms with Crippen molar-refractivity contribution in [2.24, 2.45) is 11.7 Å². The number of amides is 1. The lowest BCUT2D eigenvalue weighted by Crippen LogP contribution is -2.43. The number of hydrogen-bond acceptors (Lipinski definition) is 6. The first-order chi connectivity index (χ1) is 8.29. The van der Waals surface area contributed by atoms with Gasteiger partial charge in [-0.05, 0) is 0 Å². The van der Waals surface area contributed by atoms with E-state index in [0.29, 0.717) is 6.29 Å². The van der Waals surface area contributed by atoms with E-state index in [1.165, 1.54) is 6.92 Å². The molecule has 1 amide bonds. The fourth-order valence-corrected chi connectivity index (χ4v) is 1.19. The highest BCUT2D eigenvalue weighted by molar-refractivity contribution is 5.80. The summed E-state index contributed by atoms with van der Waals surface area (Å²) in [6, 6.07) is -0.894. The van der Waals surface area contributed by atoms with E-state index in [-0.39, 0.29) is 13.0 Å². The summed E-state index contributed by atoms with van der Waals surface area (Å²) in [5.74, 6) is -2.69. The third-order valence-electron chi connectivity index (χ3n) is 2.38. The first-order valence-electron chi connectivity index (χ1n) is 5.36. The number of carbonyl (C=O) groups is 3. The van der Waals surface area contributed by atoms with Crippen molar-refractivity contribution in [3.05, 3.63) is 0 Å². The lowest BCUT2D eigenvalue weighted by molar-refractivity contribution is -0.154. The molecule has 0 radical (unpaired) electrons. The van der Waals surface area contributed by atoms with Crippen LogP contribution in [0.4, 0.5) is 0 Å². The Morgan fingerprint density at radius 1 is 1.39 bits per heavy atom. The number of nitrogens with one attached hydrogen (secondary N) is 1. The number of carbonyl (C=O) groups excluding carboxylic acids is 2. The standard InChI is InChI=1S/C10H18N2O6/c1-5(8(15)9(16)10(17)18)3-12-7(14)2-6(11)4-13/h4-6,8-9,15-16H,2-3,11H2,1H3,(H,12,14)(H,17,18). The number of aldehydes is 1. The Morgan fingerprint density at radius 2 is 1.94 bits per heavy atom. The molecule has 0 saturated carbocycles. The molecule has 0 aliphatic heterocycles. The molecule has 0 aromatic carbocycles. The Bertz CT molecular complexity index is 309. The minimum absolute atomic E-state index is 0.0318. The second-order valence-corrected chi connectivity index (χ2v) is 4.06. The highest BCUT2D eigenvalue weighted by Crippen LogP contribution is 2.07. The van der Waals surface area contributed by atoms with Crippen molar-refractivity contribution in [2.75, 3.05) is 6.54 Å². The minimum Gasteiger partial charge on any atom is -0.479 e. The Balaban J connectivity index is 4.09. The van der Waals surface area contributed by atoms with Crippen LogP contribution in [0.3, 0.4) is 0 Å².